The van der Waals surface area contributed by atoms with Gasteiger partial charge in [-0.3, -0.25) is 14.4 Å². The van der Waals surface area contributed by atoms with E-state index < -0.39 is 17.8 Å². The molecule has 0 spiro atoms. The van der Waals surface area contributed by atoms with Gasteiger partial charge in [-0.05, 0) is 6.42 Å². The third-order valence-corrected chi connectivity index (χ3v) is 2.78. The molecule has 6 heteroatoms. The van der Waals surface area contributed by atoms with Gasteiger partial charge in [0, 0.05) is 25.4 Å². The molecule has 18 heavy (non-hydrogen) atoms. The van der Waals surface area contributed by atoms with E-state index in [9.17, 15) is 14.4 Å². The van der Waals surface area contributed by atoms with E-state index in [1.54, 1.807) is 6.92 Å². The minimum atomic E-state index is -1.00. The second kappa shape index (κ2) is 8.49. The zero-order valence-electron chi connectivity index (χ0n) is 11.2. The molecule has 3 N–H and O–H groups in total. The number of carboxylic acid groups (broad SMARTS) is 1. The Morgan fingerprint density at radius 1 is 1.06 bits per heavy atom. The van der Waals surface area contributed by atoms with E-state index in [2.05, 4.69) is 10.6 Å². The summed E-state index contributed by atoms with van der Waals surface area (Å²) in [6, 6.07) is 0. The summed E-state index contributed by atoms with van der Waals surface area (Å²) in [5.41, 5.74) is 0. The molecular formula is C12H22N2O4. The molecule has 0 rings (SSSR count). The Morgan fingerprint density at radius 3 is 2.17 bits per heavy atom. The third-order valence-electron chi connectivity index (χ3n) is 2.78. The first-order valence-corrected chi connectivity index (χ1v) is 6.17. The van der Waals surface area contributed by atoms with Gasteiger partial charge in [0.25, 0.3) is 0 Å². The molecule has 0 aromatic rings. The van der Waals surface area contributed by atoms with Gasteiger partial charge in [0.2, 0.25) is 11.8 Å². The zero-order valence-corrected chi connectivity index (χ0v) is 11.2. The molecule has 2 amide bonds. The summed E-state index contributed by atoms with van der Waals surface area (Å²) in [7, 11) is 0. The van der Waals surface area contributed by atoms with Crippen molar-refractivity contribution in [2.75, 3.05) is 13.1 Å². The Morgan fingerprint density at radius 2 is 1.67 bits per heavy atom. The van der Waals surface area contributed by atoms with Crippen molar-refractivity contribution in [3.63, 3.8) is 0 Å². The van der Waals surface area contributed by atoms with Crippen LogP contribution in [0.25, 0.3) is 0 Å². The average molecular weight is 258 g/mol. The molecule has 104 valence electrons. The lowest BCUT2D eigenvalue weighted by molar-refractivity contribution is -0.146. The smallest absolute Gasteiger partial charge is 0.307 e. The highest BCUT2D eigenvalue weighted by molar-refractivity contribution is 5.84. The van der Waals surface area contributed by atoms with Crippen LogP contribution in [0.4, 0.5) is 0 Å². The quantitative estimate of drug-likeness (QED) is 0.586. The first-order chi connectivity index (χ1) is 8.40. The van der Waals surface area contributed by atoms with E-state index >= 15 is 0 Å². The Kier molecular flexibility index (Phi) is 7.74. The number of aliphatic carboxylic acids is 1. The van der Waals surface area contributed by atoms with Crippen molar-refractivity contribution < 1.29 is 19.5 Å². The van der Waals surface area contributed by atoms with Gasteiger partial charge >= 0.3 is 5.97 Å². The van der Waals surface area contributed by atoms with E-state index in [-0.39, 0.29) is 24.8 Å². The Labute approximate surface area is 107 Å². The van der Waals surface area contributed by atoms with Crippen LogP contribution in [0.3, 0.4) is 0 Å². The highest BCUT2D eigenvalue weighted by Gasteiger charge is 2.25. The summed E-state index contributed by atoms with van der Waals surface area (Å²) in [6.45, 7) is 5.85. The van der Waals surface area contributed by atoms with Gasteiger partial charge in [0.1, 0.15) is 0 Å². The molecule has 2 unspecified atom stereocenters. The van der Waals surface area contributed by atoms with Gasteiger partial charge < -0.3 is 15.7 Å². The van der Waals surface area contributed by atoms with Crippen LogP contribution in [0.2, 0.25) is 0 Å². The molecule has 6 nitrogen and oxygen atoms in total. The summed E-state index contributed by atoms with van der Waals surface area (Å²) in [4.78, 5) is 33.5. The van der Waals surface area contributed by atoms with Gasteiger partial charge in [0.15, 0.2) is 0 Å². The number of carbonyl (C=O) groups excluding carboxylic acids is 2. The van der Waals surface area contributed by atoms with Gasteiger partial charge in [-0.15, -0.1) is 0 Å². The normalized spacial score (nSPS) is 13.5. The number of carboxylic acids is 1. The molecule has 0 fully saturated rings. The van der Waals surface area contributed by atoms with Crippen LogP contribution in [0, 0.1) is 11.8 Å². The van der Waals surface area contributed by atoms with Crippen LogP contribution in [-0.4, -0.2) is 36.0 Å². The lowest BCUT2D eigenvalue weighted by Crippen LogP contribution is -2.37. The fourth-order valence-corrected chi connectivity index (χ4v) is 1.25. The molecule has 0 aromatic carbocycles. The molecule has 0 heterocycles. The molecule has 0 aliphatic heterocycles. The minimum Gasteiger partial charge on any atom is -0.481 e. The second-order valence-electron chi connectivity index (χ2n) is 4.31. The topological polar surface area (TPSA) is 95.5 Å². The molecule has 0 saturated heterocycles. The maximum atomic E-state index is 11.6. The Bertz CT molecular complexity index is 304. The summed E-state index contributed by atoms with van der Waals surface area (Å²) in [5.74, 6) is -2.80. The molecule has 2 atom stereocenters. The molecule has 0 saturated carbocycles. The Hall–Kier alpha value is -1.59. The fraction of sp³-hybridized carbons (Fsp3) is 0.750. The van der Waals surface area contributed by atoms with Crippen LogP contribution in [-0.2, 0) is 14.4 Å². The van der Waals surface area contributed by atoms with Crippen LogP contribution in [0.5, 0.6) is 0 Å². The van der Waals surface area contributed by atoms with Gasteiger partial charge in [0.05, 0.1) is 5.92 Å². The standard InChI is InChI=1S/C12H22N2O4/c1-4-6-13-10(15)5-7-14-11(16)8(2)9(3)12(17)18/h8-9H,4-7H2,1-3H3,(H,13,15)(H,14,16)(H,17,18). The van der Waals surface area contributed by atoms with Crippen molar-refractivity contribution in [2.45, 2.75) is 33.6 Å². The van der Waals surface area contributed by atoms with E-state index in [0.717, 1.165) is 6.42 Å². The SMILES string of the molecule is CCCNC(=O)CCNC(=O)C(C)C(C)C(=O)O. The average Bonchev–Trinajstić information content (AvgIpc) is 2.34. The number of carbonyl (C=O) groups is 3. The molecule has 0 bridgehead atoms. The van der Waals surface area contributed by atoms with Gasteiger partial charge in [-0.2, -0.15) is 0 Å². The maximum Gasteiger partial charge on any atom is 0.307 e. The number of rotatable bonds is 8. The molecule has 0 aliphatic rings. The minimum absolute atomic E-state index is 0.115. The first kappa shape index (κ1) is 16.4. The number of nitrogens with one attached hydrogen (secondary N) is 2. The predicted octanol–water partition coefficient (Wildman–Crippen LogP) is 0.376. The van der Waals surface area contributed by atoms with E-state index in [4.69, 9.17) is 5.11 Å². The highest BCUT2D eigenvalue weighted by atomic mass is 16.4. The van der Waals surface area contributed by atoms with Crippen molar-refractivity contribution >= 4 is 17.8 Å². The predicted molar refractivity (Wildman–Crippen MR) is 66.9 cm³/mol. The van der Waals surface area contributed by atoms with Crippen LogP contribution in [0.15, 0.2) is 0 Å². The summed E-state index contributed by atoms with van der Waals surface area (Å²) >= 11 is 0. The second-order valence-corrected chi connectivity index (χ2v) is 4.31. The zero-order chi connectivity index (χ0) is 14.1. The number of hydrogen-bond acceptors (Lipinski definition) is 3. The molecule has 0 aliphatic carbocycles. The highest BCUT2D eigenvalue weighted by Crippen LogP contribution is 2.10. The van der Waals surface area contributed by atoms with Crippen molar-refractivity contribution in [3.8, 4) is 0 Å². The van der Waals surface area contributed by atoms with E-state index in [1.807, 2.05) is 6.92 Å². The lowest BCUT2D eigenvalue weighted by Gasteiger charge is -2.15. The van der Waals surface area contributed by atoms with Crippen molar-refractivity contribution in [3.05, 3.63) is 0 Å². The maximum absolute atomic E-state index is 11.6. The molecule has 0 aromatic heterocycles. The van der Waals surface area contributed by atoms with Crippen molar-refractivity contribution in [1.29, 1.82) is 0 Å². The van der Waals surface area contributed by atoms with E-state index in [1.165, 1.54) is 6.92 Å². The summed E-state index contributed by atoms with van der Waals surface area (Å²) < 4.78 is 0. The van der Waals surface area contributed by atoms with Gasteiger partial charge in [-0.25, -0.2) is 0 Å². The number of amides is 2. The van der Waals surface area contributed by atoms with Crippen molar-refractivity contribution in [2.24, 2.45) is 11.8 Å². The Balaban J connectivity index is 3.90. The first-order valence-electron chi connectivity index (χ1n) is 6.17. The lowest BCUT2D eigenvalue weighted by atomic mass is 9.95. The third kappa shape index (κ3) is 6.22. The summed E-state index contributed by atoms with van der Waals surface area (Å²) in [6.07, 6.45) is 1.07. The molecular weight excluding hydrogens is 236 g/mol. The van der Waals surface area contributed by atoms with Gasteiger partial charge in [-0.1, -0.05) is 20.8 Å². The number of hydrogen-bond donors (Lipinski definition) is 3. The van der Waals surface area contributed by atoms with Crippen LogP contribution in [0.1, 0.15) is 33.6 Å². The van der Waals surface area contributed by atoms with Crippen molar-refractivity contribution in [1.82, 2.24) is 10.6 Å². The van der Waals surface area contributed by atoms with Crippen LogP contribution >= 0.6 is 0 Å². The molecule has 0 radical (unpaired) electrons. The van der Waals surface area contributed by atoms with Crippen LogP contribution < -0.4 is 10.6 Å². The fourth-order valence-electron chi connectivity index (χ4n) is 1.25. The largest absolute Gasteiger partial charge is 0.481 e. The monoisotopic (exact) mass is 258 g/mol. The van der Waals surface area contributed by atoms with E-state index in [0.29, 0.717) is 6.54 Å². The summed E-state index contributed by atoms with van der Waals surface area (Å²) in [5, 5.41) is 14.0.